The van der Waals surface area contributed by atoms with Crippen LogP contribution in [0.4, 0.5) is 0 Å². The van der Waals surface area contributed by atoms with E-state index in [-0.39, 0.29) is 11.8 Å². The number of piperazine rings is 1. The molecule has 0 unspecified atom stereocenters. The van der Waals surface area contributed by atoms with Crippen molar-refractivity contribution in [3.05, 3.63) is 59.5 Å². The molecule has 2 amide bonds. The van der Waals surface area contributed by atoms with Crippen LogP contribution in [0.2, 0.25) is 0 Å². The highest BCUT2D eigenvalue weighted by atomic mass is 16.3. The number of aliphatic imine (C=N–C) groups is 1. The van der Waals surface area contributed by atoms with Crippen LogP contribution in [-0.4, -0.2) is 72.2 Å². The van der Waals surface area contributed by atoms with Crippen molar-refractivity contribution in [2.45, 2.75) is 25.9 Å². The summed E-state index contributed by atoms with van der Waals surface area (Å²) >= 11 is 0. The van der Waals surface area contributed by atoms with Crippen molar-refractivity contribution in [3.8, 4) is 0 Å². The highest BCUT2D eigenvalue weighted by Gasteiger charge is 2.25. The van der Waals surface area contributed by atoms with Crippen molar-refractivity contribution < 1.29 is 14.0 Å². The molecule has 0 saturated carbocycles. The maximum Gasteiger partial charge on any atom is 0.289 e. The first kappa shape index (κ1) is 21.0. The van der Waals surface area contributed by atoms with Crippen molar-refractivity contribution in [3.63, 3.8) is 0 Å². The van der Waals surface area contributed by atoms with Gasteiger partial charge in [-0.3, -0.25) is 14.6 Å². The summed E-state index contributed by atoms with van der Waals surface area (Å²) in [5, 5.41) is 3.36. The average Bonchev–Trinajstić information content (AvgIpc) is 3.49. The van der Waals surface area contributed by atoms with Crippen LogP contribution in [-0.2, 0) is 17.9 Å². The fourth-order valence-corrected chi connectivity index (χ4v) is 4.12. The van der Waals surface area contributed by atoms with Gasteiger partial charge < -0.3 is 24.4 Å². The van der Waals surface area contributed by atoms with Crippen LogP contribution < -0.4 is 5.32 Å². The van der Waals surface area contributed by atoms with Gasteiger partial charge in [-0.25, -0.2) is 0 Å². The van der Waals surface area contributed by atoms with Gasteiger partial charge in [0.1, 0.15) is 0 Å². The third kappa shape index (κ3) is 4.90. The molecule has 1 aromatic carbocycles. The molecular formula is C23H29N5O3. The lowest BCUT2D eigenvalue weighted by atomic mass is 10.1. The number of hydrogen-bond acceptors (Lipinski definition) is 4. The van der Waals surface area contributed by atoms with Crippen LogP contribution in [0.15, 0.2) is 52.1 Å². The first-order chi connectivity index (χ1) is 15.2. The molecule has 4 rings (SSSR count). The van der Waals surface area contributed by atoms with Crippen molar-refractivity contribution in [2.75, 3.05) is 39.8 Å². The maximum absolute atomic E-state index is 12.5. The number of guanidine groups is 1. The zero-order valence-electron chi connectivity index (χ0n) is 17.9. The van der Waals surface area contributed by atoms with Gasteiger partial charge in [-0.05, 0) is 29.7 Å². The second-order valence-electron chi connectivity index (χ2n) is 7.85. The zero-order valence-corrected chi connectivity index (χ0v) is 17.9. The molecule has 0 atom stereocenters. The number of nitrogens with zero attached hydrogens (tertiary/aromatic N) is 4. The smallest absolute Gasteiger partial charge is 0.289 e. The summed E-state index contributed by atoms with van der Waals surface area (Å²) in [6.07, 6.45) is 2.79. The fraction of sp³-hybridized carbons (Fsp3) is 0.435. The highest BCUT2D eigenvalue weighted by molar-refractivity contribution is 5.91. The Morgan fingerprint density at radius 1 is 0.968 bits per heavy atom. The molecule has 1 N–H and O–H groups in total. The summed E-state index contributed by atoms with van der Waals surface area (Å²) in [4.78, 5) is 35.2. The minimum Gasteiger partial charge on any atom is -0.459 e. The monoisotopic (exact) mass is 423 g/mol. The predicted molar refractivity (Wildman–Crippen MR) is 117 cm³/mol. The van der Waals surface area contributed by atoms with E-state index in [1.54, 1.807) is 24.1 Å². The van der Waals surface area contributed by atoms with Gasteiger partial charge >= 0.3 is 0 Å². The van der Waals surface area contributed by atoms with E-state index in [0.29, 0.717) is 58.0 Å². The summed E-state index contributed by atoms with van der Waals surface area (Å²) in [6, 6.07) is 11.6. The molecule has 3 heterocycles. The number of benzene rings is 1. The molecule has 0 aliphatic carbocycles. The molecule has 31 heavy (non-hydrogen) atoms. The molecule has 1 fully saturated rings. The largest absolute Gasteiger partial charge is 0.459 e. The van der Waals surface area contributed by atoms with Crippen molar-refractivity contribution in [2.24, 2.45) is 4.99 Å². The molecule has 1 aromatic heterocycles. The van der Waals surface area contributed by atoms with Crippen molar-refractivity contribution in [1.82, 2.24) is 20.0 Å². The number of furan rings is 1. The number of fused-ring (bicyclic) bond motifs is 1. The van der Waals surface area contributed by atoms with Crippen LogP contribution >= 0.6 is 0 Å². The lowest BCUT2D eigenvalue weighted by Gasteiger charge is -2.36. The molecule has 2 aliphatic rings. The van der Waals surface area contributed by atoms with Gasteiger partial charge in [0.25, 0.3) is 5.91 Å². The Kier molecular flexibility index (Phi) is 6.54. The SMILES string of the molecule is CN=C(NCCCC(=O)N1Cc2ccccc2C1)N1CCN(C(=O)c2ccco2)CC1. The molecule has 8 heteroatoms. The number of rotatable bonds is 5. The summed E-state index contributed by atoms with van der Waals surface area (Å²) in [7, 11) is 1.76. The normalized spacial score (nSPS) is 16.4. The summed E-state index contributed by atoms with van der Waals surface area (Å²) < 4.78 is 5.21. The Labute approximate surface area is 182 Å². The van der Waals surface area contributed by atoms with E-state index >= 15 is 0 Å². The second-order valence-corrected chi connectivity index (χ2v) is 7.85. The Morgan fingerprint density at radius 2 is 1.65 bits per heavy atom. The quantitative estimate of drug-likeness (QED) is 0.452. The Bertz CT molecular complexity index is 907. The minimum absolute atomic E-state index is 0.0739. The molecule has 0 bridgehead atoms. The number of hydrogen-bond donors (Lipinski definition) is 1. The van der Waals surface area contributed by atoms with E-state index in [2.05, 4.69) is 27.3 Å². The average molecular weight is 424 g/mol. The summed E-state index contributed by atoms with van der Waals surface area (Å²) in [5.41, 5.74) is 2.50. The van der Waals surface area contributed by atoms with Crippen molar-refractivity contribution >= 4 is 17.8 Å². The van der Waals surface area contributed by atoms with E-state index in [1.807, 2.05) is 17.0 Å². The van der Waals surface area contributed by atoms with Crippen LogP contribution in [0.1, 0.15) is 34.5 Å². The number of amides is 2. The van der Waals surface area contributed by atoms with Gasteiger partial charge in [0.2, 0.25) is 5.91 Å². The second kappa shape index (κ2) is 9.68. The molecule has 164 valence electrons. The molecule has 1 saturated heterocycles. The number of nitrogens with one attached hydrogen (secondary N) is 1. The Morgan fingerprint density at radius 3 is 2.26 bits per heavy atom. The lowest BCUT2D eigenvalue weighted by molar-refractivity contribution is -0.131. The first-order valence-electron chi connectivity index (χ1n) is 10.8. The maximum atomic E-state index is 12.5. The van der Waals surface area contributed by atoms with E-state index in [1.165, 1.54) is 17.4 Å². The van der Waals surface area contributed by atoms with Crippen LogP contribution in [0.3, 0.4) is 0 Å². The molecule has 0 radical (unpaired) electrons. The van der Waals surface area contributed by atoms with Gasteiger partial charge in [-0.1, -0.05) is 24.3 Å². The van der Waals surface area contributed by atoms with E-state index in [4.69, 9.17) is 4.42 Å². The molecule has 8 nitrogen and oxygen atoms in total. The van der Waals surface area contributed by atoms with Crippen molar-refractivity contribution in [1.29, 1.82) is 0 Å². The summed E-state index contributed by atoms with van der Waals surface area (Å²) in [5.74, 6) is 1.31. The Balaban J connectivity index is 1.17. The lowest BCUT2D eigenvalue weighted by Crippen LogP contribution is -2.53. The van der Waals surface area contributed by atoms with E-state index in [0.717, 1.165) is 12.4 Å². The molecule has 0 spiro atoms. The zero-order chi connectivity index (χ0) is 21.6. The summed E-state index contributed by atoms with van der Waals surface area (Å²) in [6.45, 7) is 4.76. The molecule has 2 aromatic rings. The predicted octanol–water partition coefficient (Wildman–Crippen LogP) is 1.94. The molecule has 2 aliphatic heterocycles. The van der Waals surface area contributed by atoms with Gasteiger partial charge in [0.05, 0.1) is 6.26 Å². The van der Waals surface area contributed by atoms with Crippen LogP contribution in [0.5, 0.6) is 0 Å². The van der Waals surface area contributed by atoms with Crippen LogP contribution in [0.25, 0.3) is 0 Å². The third-order valence-corrected chi connectivity index (χ3v) is 5.85. The van der Waals surface area contributed by atoms with E-state index < -0.39 is 0 Å². The fourth-order valence-electron chi connectivity index (χ4n) is 4.12. The Hall–Kier alpha value is -3.29. The van der Waals surface area contributed by atoms with Crippen LogP contribution in [0, 0.1) is 0 Å². The molecular weight excluding hydrogens is 394 g/mol. The highest BCUT2D eigenvalue weighted by Crippen LogP contribution is 2.22. The minimum atomic E-state index is -0.0739. The van der Waals surface area contributed by atoms with E-state index in [9.17, 15) is 9.59 Å². The topological polar surface area (TPSA) is 81.4 Å². The van der Waals surface area contributed by atoms with Gasteiger partial charge in [0, 0.05) is 59.3 Å². The van der Waals surface area contributed by atoms with Gasteiger partial charge in [-0.2, -0.15) is 0 Å². The number of carbonyl (C=O) groups excluding carboxylic acids is 2. The first-order valence-corrected chi connectivity index (χ1v) is 10.8. The number of carbonyl (C=O) groups is 2. The van der Waals surface area contributed by atoms with Gasteiger partial charge in [0.15, 0.2) is 11.7 Å². The van der Waals surface area contributed by atoms with Gasteiger partial charge in [-0.15, -0.1) is 0 Å². The standard InChI is InChI=1S/C23H29N5O3/c1-24-23(27-13-11-26(12-14-27)22(30)20-8-5-15-31-20)25-10-4-9-21(29)28-16-18-6-2-3-7-19(18)17-28/h2-3,5-8,15H,4,9-14,16-17H2,1H3,(H,24,25). The third-order valence-electron chi connectivity index (χ3n) is 5.85.